The van der Waals surface area contributed by atoms with Crippen LogP contribution in [0.2, 0.25) is 0 Å². The molecule has 1 rings (SSSR count). The number of rotatable bonds is 4. The van der Waals surface area contributed by atoms with Crippen molar-refractivity contribution in [3.05, 3.63) is 12.2 Å². The normalized spacial score (nSPS) is 19.4. The van der Waals surface area contributed by atoms with E-state index >= 15 is 0 Å². The molecule has 0 spiro atoms. The minimum atomic E-state index is -0.481. The van der Waals surface area contributed by atoms with Gasteiger partial charge >= 0.3 is 12.1 Å². The number of nitrogens with zero attached hydrogens (tertiary/aromatic N) is 1. The molecule has 5 nitrogen and oxygen atoms in total. The summed E-state index contributed by atoms with van der Waals surface area (Å²) in [6, 6.07) is 0.107. The Morgan fingerprint density at radius 3 is 2.65 bits per heavy atom. The Hall–Kier alpha value is -1.52. The van der Waals surface area contributed by atoms with Crippen molar-refractivity contribution in [3.63, 3.8) is 0 Å². The number of amides is 1. The van der Waals surface area contributed by atoms with Crippen LogP contribution in [-0.2, 0) is 14.3 Å². The largest absolute Gasteiger partial charge is 0.463 e. The Labute approximate surface area is 120 Å². The molecule has 114 valence electrons. The molecule has 1 amide bonds. The van der Waals surface area contributed by atoms with Crippen molar-refractivity contribution < 1.29 is 19.1 Å². The maximum Gasteiger partial charge on any atom is 0.410 e. The maximum absolute atomic E-state index is 12.1. The van der Waals surface area contributed by atoms with Crippen molar-refractivity contribution in [2.45, 2.75) is 58.6 Å². The van der Waals surface area contributed by atoms with Gasteiger partial charge < -0.3 is 14.4 Å². The molecule has 0 aliphatic carbocycles. The first-order valence-corrected chi connectivity index (χ1v) is 7.16. The lowest BCUT2D eigenvalue weighted by atomic mass is 10.1. The van der Waals surface area contributed by atoms with Gasteiger partial charge in [0.2, 0.25) is 0 Å². The summed E-state index contributed by atoms with van der Waals surface area (Å²) in [5.41, 5.74) is -0.481. The van der Waals surface area contributed by atoms with E-state index in [0.29, 0.717) is 19.6 Å². The summed E-state index contributed by atoms with van der Waals surface area (Å²) in [6.45, 7) is 8.43. The van der Waals surface area contributed by atoms with Gasteiger partial charge in [-0.1, -0.05) is 6.08 Å². The summed E-state index contributed by atoms with van der Waals surface area (Å²) in [4.78, 5) is 25.0. The first-order valence-electron chi connectivity index (χ1n) is 7.16. The van der Waals surface area contributed by atoms with Crippen LogP contribution in [0.4, 0.5) is 4.79 Å². The lowest BCUT2D eigenvalue weighted by Gasteiger charge is -2.28. The van der Waals surface area contributed by atoms with Gasteiger partial charge in [0.15, 0.2) is 0 Å². The van der Waals surface area contributed by atoms with Crippen LogP contribution in [0.15, 0.2) is 12.2 Å². The predicted molar refractivity (Wildman–Crippen MR) is 76.4 cm³/mol. The first-order chi connectivity index (χ1) is 9.33. The van der Waals surface area contributed by atoms with E-state index in [2.05, 4.69) is 0 Å². The van der Waals surface area contributed by atoms with Gasteiger partial charge in [0.05, 0.1) is 6.61 Å². The zero-order valence-corrected chi connectivity index (χ0v) is 12.8. The molecule has 1 fully saturated rings. The number of hydrogen-bond acceptors (Lipinski definition) is 4. The molecule has 20 heavy (non-hydrogen) atoms. The molecule has 0 aromatic rings. The van der Waals surface area contributed by atoms with E-state index in [0.717, 1.165) is 12.8 Å². The second-order valence-corrected chi connectivity index (χ2v) is 5.86. The molecular formula is C15H25NO4. The van der Waals surface area contributed by atoms with Crippen molar-refractivity contribution in [3.8, 4) is 0 Å². The van der Waals surface area contributed by atoms with Crippen LogP contribution in [0.1, 0.15) is 47.0 Å². The highest BCUT2D eigenvalue weighted by atomic mass is 16.6. The highest BCUT2D eigenvalue weighted by Gasteiger charge is 2.31. The highest BCUT2D eigenvalue weighted by molar-refractivity contribution is 5.81. The molecule has 0 aromatic carbocycles. The van der Waals surface area contributed by atoms with E-state index in [4.69, 9.17) is 9.47 Å². The lowest BCUT2D eigenvalue weighted by Crippen LogP contribution is -2.39. The molecule has 1 unspecified atom stereocenters. The quantitative estimate of drug-likeness (QED) is 0.588. The average Bonchev–Trinajstić information content (AvgIpc) is 2.75. The molecule has 0 aromatic heterocycles. The molecule has 0 N–H and O–H groups in total. The summed E-state index contributed by atoms with van der Waals surface area (Å²) in [6.07, 6.45) is 5.48. The van der Waals surface area contributed by atoms with Gasteiger partial charge in [-0.2, -0.15) is 0 Å². The molecule has 1 heterocycles. The van der Waals surface area contributed by atoms with Gasteiger partial charge in [-0.25, -0.2) is 9.59 Å². The van der Waals surface area contributed by atoms with Gasteiger partial charge in [0.25, 0.3) is 0 Å². The maximum atomic E-state index is 12.1. The van der Waals surface area contributed by atoms with Crippen LogP contribution in [-0.4, -0.2) is 41.8 Å². The van der Waals surface area contributed by atoms with Gasteiger partial charge in [-0.15, -0.1) is 0 Å². The SMILES string of the molecule is CCOC(=O)/C=C/CC1CCCN1C(=O)OC(C)(C)C. The third-order valence-electron chi connectivity index (χ3n) is 2.95. The summed E-state index contributed by atoms with van der Waals surface area (Å²) in [7, 11) is 0. The summed E-state index contributed by atoms with van der Waals surface area (Å²) in [5, 5.41) is 0. The van der Waals surface area contributed by atoms with Gasteiger partial charge in [0, 0.05) is 18.7 Å². The third-order valence-corrected chi connectivity index (χ3v) is 2.95. The Morgan fingerprint density at radius 2 is 2.05 bits per heavy atom. The van der Waals surface area contributed by atoms with Gasteiger partial charge in [0.1, 0.15) is 5.60 Å². The van der Waals surface area contributed by atoms with E-state index in [-0.39, 0.29) is 18.1 Å². The molecule has 1 atom stereocenters. The molecule has 1 aliphatic heterocycles. The number of hydrogen-bond donors (Lipinski definition) is 0. The van der Waals surface area contributed by atoms with E-state index in [1.165, 1.54) is 6.08 Å². The number of ether oxygens (including phenoxy) is 2. The summed E-state index contributed by atoms with van der Waals surface area (Å²) in [5.74, 6) is -0.339. The van der Waals surface area contributed by atoms with Crippen LogP contribution in [0.3, 0.4) is 0 Å². The van der Waals surface area contributed by atoms with E-state index in [1.54, 1.807) is 17.9 Å². The third kappa shape index (κ3) is 5.63. The molecule has 0 saturated carbocycles. The van der Waals surface area contributed by atoms with Gasteiger partial charge in [-0.05, 0) is 47.0 Å². The second kappa shape index (κ2) is 7.31. The van der Waals surface area contributed by atoms with E-state index in [9.17, 15) is 9.59 Å². The zero-order valence-electron chi connectivity index (χ0n) is 12.8. The predicted octanol–water partition coefficient (Wildman–Crippen LogP) is 2.90. The second-order valence-electron chi connectivity index (χ2n) is 5.86. The van der Waals surface area contributed by atoms with Crippen molar-refractivity contribution in [2.75, 3.05) is 13.2 Å². The molecule has 1 aliphatic rings. The fourth-order valence-electron chi connectivity index (χ4n) is 2.15. The Bertz CT molecular complexity index is 371. The Morgan fingerprint density at radius 1 is 1.35 bits per heavy atom. The van der Waals surface area contributed by atoms with Crippen LogP contribution < -0.4 is 0 Å². The van der Waals surface area contributed by atoms with Crippen molar-refractivity contribution in [2.24, 2.45) is 0 Å². The number of likely N-dealkylation sites (tertiary alicyclic amines) is 1. The van der Waals surface area contributed by atoms with E-state index < -0.39 is 5.60 Å². The van der Waals surface area contributed by atoms with Crippen LogP contribution in [0, 0.1) is 0 Å². The summed E-state index contributed by atoms with van der Waals surface area (Å²) >= 11 is 0. The monoisotopic (exact) mass is 283 g/mol. The average molecular weight is 283 g/mol. The number of esters is 1. The van der Waals surface area contributed by atoms with Gasteiger partial charge in [-0.3, -0.25) is 0 Å². The van der Waals surface area contributed by atoms with Crippen molar-refractivity contribution in [1.82, 2.24) is 4.90 Å². The minimum absolute atomic E-state index is 0.107. The zero-order chi connectivity index (χ0) is 15.2. The Kier molecular flexibility index (Phi) is 6.05. The molecule has 0 radical (unpaired) electrons. The van der Waals surface area contributed by atoms with Crippen molar-refractivity contribution >= 4 is 12.1 Å². The Balaban J connectivity index is 2.49. The van der Waals surface area contributed by atoms with Crippen molar-refractivity contribution in [1.29, 1.82) is 0 Å². The molecule has 0 bridgehead atoms. The standard InChI is InChI=1S/C15H25NO4/c1-5-19-13(17)10-6-8-12-9-7-11-16(12)14(18)20-15(2,3)4/h6,10,12H,5,7-9,11H2,1-4H3/b10-6+. The van der Waals surface area contributed by atoms with Crippen LogP contribution in [0.5, 0.6) is 0 Å². The lowest BCUT2D eigenvalue weighted by molar-refractivity contribution is -0.137. The smallest absolute Gasteiger partial charge is 0.410 e. The summed E-state index contributed by atoms with van der Waals surface area (Å²) < 4.78 is 10.2. The molecule has 5 heteroatoms. The fraction of sp³-hybridized carbons (Fsp3) is 0.733. The van der Waals surface area contributed by atoms with Crippen LogP contribution >= 0.6 is 0 Å². The van der Waals surface area contributed by atoms with E-state index in [1.807, 2.05) is 20.8 Å². The fourth-order valence-corrected chi connectivity index (χ4v) is 2.15. The number of carbonyl (C=O) groups excluding carboxylic acids is 2. The van der Waals surface area contributed by atoms with Crippen LogP contribution in [0.25, 0.3) is 0 Å². The highest BCUT2D eigenvalue weighted by Crippen LogP contribution is 2.23. The topological polar surface area (TPSA) is 55.8 Å². The minimum Gasteiger partial charge on any atom is -0.463 e. The molecular weight excluding hydrogens is 258 g/mol. The number of carbonyl (C=O) groups is 2. The first kappa shape index (κ1) is 16.5. The molecule has 1 saturated heterocycles.